The van der Waals surface area contributed by atoms with E-state index in [0.717, 1.165) is 30.5 Å². The highest BCUT2D eigenvalue weighted by Crippen LogP contribution is 2.42. The Morgan fingerprint density at radius 2 is 1.93 bits per heavy atom. The topological polar surface area (TPSA) is 61.8 Å². The lowest BCUT2D eigenvalue weighted by Gasteiger charge is -2.39. The van der Waals surface area contributed by atoms with Crippen LogP contribution < -0.4 is 10.1 Å². The van der Waals surface area contributed by atoms with Gasteiger partial charge in [0.05, 0.1) is 12.0 Å². The zero-order valence-corrected chi connectivity index (χ0v) is 18.2. The first kappa shape index (κ1) is 20.7. The molecule has 3 atom stereocenters. The number of ether oxygens (including phenoxy) is 1. The molecule has 4 rings (SSSR count). The predicted molar refractivity (Wildman–Crippen MR) is 122 cm³/mol. The van der Waals surface area contributed by atoms with E-state index in [1.165, 1.54) is 13.5 Å². The highest BCUT2D eigenvalue weighted by Gasteiger charge is 2.42. The van der Waals surface area contributed by atoms with Crippen molar-refractivity contribution in [1.82, 2.24) is 4.90 Å². The largest absolute Gasteiger partial charge is 0.504 e. The molecule has 6 heteroatoms. The van der Waals surface area contributed by atoms with Crippen molar-refractivity contribution in [3.8, 4) is 11.5 Å². The maximum absolute atomic E-state index is 13.5. The van der Waals surface area contributed by atoms with Crippen LogP contribution in [0.4, 0.5) is 5.69 Å². The van der Waals surface area contributed by atoms with E-state index in [1.54, 1.807) is 30.0 Å². The molecule has 2 aromatic rings. The molecule has 2 aliphatic rings. The van der Waals surface area contributed by atoms with Crippen LogP contribution in [-0.2, 0) is 4.79 Å². The van der Waals surface area contributed by atoms with Crippen LogP contribution in [0.2, 0.25) is 0 Å². The van der Waals surface area contributed by atoms with Crippen molar-refractivity contribution in [2.45, 2.75) is 44.1 Å². The van der Waals surface area contributed by atoms with E-state index in [2.05, 4.69) is 12.2 Å². The number of aromatic hydroxyl groups is 1. The Hall–Kier alpha value is -2.60. The zero-order valence-electron chi connectivity index (χ0n) is 17.4. The number of carbonyl (C=O) groups is 1. The van der Waals surface area contributed by atoms with E-state index in [-0.39, 0.29) is 23.2 Å². The standard InChI is InChI=1S/C24H28N2O3S/c1-16-8-6-7-11-19(16)26-23(28)22(15-17-12-13-20(27)21(14-17)29-2)30-24(26)25-18-9-4-3-5-10-18/h3-5,9-10,12-16,19,24-25,27H,6-8,11H2,1-2H3/b22-15-/t16-,19-,24?/m0/s1. The second kappa shape index (κ2) is 9.04. The number of phenols is 1. The summed E-state index contributed by atoms with van der Waals surface area (Å²) in [4.78, 5) is 16.2. The van der Waals surface area contributed by atoms with Gasteiger partial charge in [0, 0.05) is 11.7 Å². The normalized spacial score (nSPS) is 25.5. The Kier molecular flexibility index (Phi) is 6.23. The highest BCUT2D eigenvalue weighted by molar-refractivity contribution is 8.05. The van der Waals surface area contributed by atoms with Gasteiger partial charge in [-0.05, 0) is 54.7 Å². The SMILES string of the molecule is COc1cc(/C=C2\SC(Nc3ccccc3)N([C@H]3CCCC[C@@H]3C)C2=O)ccc1O. The molecule has 0 spiro atoms. The molecule has 2 aromatic carbocycles. The molecule has 1 saturated heterocycles. The van der Waals surface area contributed by atoms with Crippen molar-refractivity contribution >= 4 is 29.4 Å². The summed E-state index contributed by atoms with van der Waals surface area (Å²) in [5, 5.41) is 13.4. The summed E-state index contributed by atoms with van der Waals surface area (Å²) < 4.78 is 5.21. The molecule has 1 heterocycles. The molecule has 1 amide bonds. The first-order valence-electron chi connectivity index (χ1n) is 10.5. The van der Waals surface area contributed by atoms with Crippen molar-refractivity contribution in [2.24, 2.45) is 5.92 Å². The fraction of sp³-hybridized carbons (Fsp3) is 0.375. The molecule has 0 radical (unpaired) electrons. The molecule has 1 aliphatic heterocycles. The van der Waals surface area contributed by atoms with Crippen LogP contribution in [0.15, 0.2) is 53.4 Å². The van der Waals surface area contributed by atoms with Crippen molar-refractivity contribution in [3.63, 3.8) is 0 Å². The maximum Gasteiger partial charge on any atom is 0.262 e. The molecule has 30 heavy (non-hydrogen) atoms. The Balaban J connectivity index is 1.65. The van der Waals surface area contributed by atoms with Gasteiger partial charge < -0.3 is 20.1 Å². The van der Waals surface area contributed by atoms with E-state index < -0.39 is 0 Å². The number of nitrogens with one attached hydrogen (secondary N) is 1. The van der Waals surface area contributed by atoms with Crippen LogP contribution >= 0.6 is 11.8 Å². The number of para-hydroxylation sites is 1. The van der Waals surface area contributed by atoms with Crippen LogP contribution in [0.1, 0.15) is 38.2 Å². The number of methoxy groups -OCH3 is 1. The third-order valence-electron chi connectivity index (χ3n) is 5.93. The molecule has 2 fully saturated rings. The number of anilines is 1. The minimum absolute atomic E-state index is 0.0687. The zero-order chi connectivity index (χ0) is 21.1. The molecular weight excluding hydrogens is 396 g/mol. The summed E-state index contributed by atoms with van der Waals surface area (Å²) >= 11 is 1.55. The molecule has 0 bridgehead atoms. The molecular formula is C24H28N2O3S. The van der Waals surface area contributed by atoms with E-state index in [1.807, 2.05) is 41.3 Å². The second-order valence-corrected chi connectivity index (χ2v) is 9.08. The maximum atomic E-state index is 13.5. The third-order valence-corrected chi connectivity index (χ3v) is 7.04. The lowest BCUT2D eigenvalue weighted by molar-refractivity contribution is -0.129. The smallest absolute Gasteiger partial charge is 0.262 e. The lowest BCUT2D eigenvalue weighted by Crippen LogP contribution is -2.48. The predicted octanol–water partition coefficient (Wildman–Crippen LogP) is 5.29. The van der Waals surface area contributed by atoms with Crippen LogP contribution in [0, 0.1) is 5.92 Å². The number of thioether (sulfide) groups is 1. The molecule has 2 N–H and O–H groups in total. The van der Waals surface area contributed by atoms with Gasteiger partial charge in [0.2, 0.25) is 0 Å². The quantitative estimate of drug-likeness (QED) is 0.639. The highest BCUT2D eigenvalue weighted by atomic mass is 32.2. The van der Waals surface area contributed by atoms with Gasteiger partial charge in [-0.1, -0.05) is 55.8 Å². The Morgan fingerprint density at radius 1 is 1.17 bits per heavy atom. The Bertz CT molecular complexity index is 931. The summed E-state index contributed by atoms with van der Waals surface area (Å²) in [6.45, 7) is 2.26. The summed E-state index contributed by atoms with van der Waals surface area (Å²) in [7, 11) is 1.52. The molecule has 158 valence electrons. The number of amides is 1. The fourth-order valence-electron chi connectivity index (χ4n) is 4.30. The Labute approximate surface area is 182 Å². The third kappa shape index (κ3) is 4.29. The van der Waals surface area contributed by atoms with Crippen molar-refractivity contribution in [1.29, 1.82) is 0 Å². The second-order valence-electron chi connectivity index (χ2n) is 7.96. The summed E-state index contributed by atoms with van der Waals surface area (Å²) in [6, 6.07) is 15.4. The van der Waals surface area contributed by atoms with Gasteiger partial charge in [0.25, 0.3) is 5.91 Å². The van der Waals surface area contributed by atoms with Gasteiger partial charge in [0.15, 0.2) is 17.0 Å². The number of nitrogens with zero attached hydrogens (tertiary/aromatic N) is 1. The van der Waals surface area contributed by atoms with Gasteiger partial charge in [-0.3, -0.25) is 4.79 Å². The monoisotopic (exact) mass is 424 g/mol. The number of phenolic OH excluding ortho intramolecular Hbond substituents is 1. The number of rotatable bonds is 5. The van der Waals surface area contributed by atoms with E-state index >= 15 is 0 Å². The minimum Gasteiger partial charge on any atom is -0.504 e. The van der Waals surface area contributed by atoms with Crippen molar-refractivity contribution in [3.05, 3.63) is 59.0 Å². The van der Waals surface area contributed by atoms with Gasteiger partial charge in [0.1, 0.15) is 0 Å². The molecule has 1 saturated carbocycles. The first-order chi connectivity index (χ1) is 14.6. The summed E-state index contributed by atoms with van der Waals surface area (Å²) in [5.74, 6) is 1.04. The number of hydrogen-bond acceptors (Lipinski definition) is 5. The average molecular weight is 425 g/mol. The molecule has 5 nitrogen and oxygen atoms in total. The van der Waals surface area contributed by atoms with Gasteiger partial charge >= 0.3 is 0 Å². The van der Waals surface area contributed by atoms with Crippen LogP contribution in [0.3, 0.4) is 0 Å². The summed E-state index contributed by atoms with van der Waals surface area (Å²) in [5.41, 5.74) is 1.69. The fourth-order valence-corrected chi connectivity index (χ4v) is 5.51. The minimum atomic E-state index is -0.143. The average Bonchev–Trinajstić information content (AvgIpc) is 3.05. The molecule has 0 aromatic heterocycles. The Morgan fingerprint density at radius 3 is 2.67 bits per heavy atom. The van der Waals surface area contributed by atoms with Crippen molar-refractivity contribution < 1.29 is 14.6 Å². The first-order valence-corrected chi connectivity index (χ1v) is 11.3. The molecule has 1 unspecified atom stereocenters. The number of benzene rings is 2. The van der Waals surface area contributed by atoms with Crippen LogP contribution in [0.25, 0.3) is 6.08 Å². The van der Waals surface area contributed by atoms with Crippen LogP contribution in [0.5, 0.6) is 11.5 Å². The summed E-state index contributed by atoms with van der Waals surface area (Å²) in [6.07, 6.45) is 6.49. The lowest BCUT2D eigenvalue weighted by atomic mass is 9.85. The van der Waals surface area contributed by atoms with Gasteiger partial charge in [-0.25, -0.2) is 0 Å². The van der Waals surface area contributed by atoms with Crippen LogP contribution in [-0.4, -0.2) is 34.6 Å². The number of hydrogen-bond donors (Lipinski definition) is 2. The van der Waals surface area contributed by atoms with E-state index in [0.29, 0.717) is 16.6 Å². The van der Waals surface area contributed by atoms with E-state index in [9.17, 15) is 9.90 Å². The van der Waals surface area contributed by atoms with E-state index in [4.69, 9.17) is 4.74 Å². The van der Waals surface area contributed by atoms with Gasteiger partial charge in [-0.15, -0.1) is 0 Å². The number of carbonyl (C=O) groups excluding carboxylic acids is 1. The van der Waals surface area contributed by atoms with Crippen molar-refractivity contribution in [2.75, 3.05) is 12.4 Å². The molecule has 1 aliphatic carbocycles. The van der Waals surface area contributed by atoms with Gasteiger partial charge in [-0.2, -0.15) is 0 Å².